The first-order chi connectivity index (χ1) is 8.29. The zero-order valence-corrected chi connectivity index (χ0v) is 10.6. The van der Waals surface area contributed by atoms with E-state index in [1.54, 1.807) is 19.0 Å². The predicted molar refractivity (Wildman–Crippen MR) is 69.8 cm³/mol. The normalized spacial score (nSPS) is 11.6. The molecular weight excluding hydrogens is 263 g/mol. The van der Waals surface area contributed by atoms with Crippen molar-refractivity contribution in [2.45, 2.75) is 6.18 Å². The molecule has 1 aromatic carbocycles. The highest BCUT2D eigenvalue weighted by atomic mass is 32.1. The number of anilines is 1. The van der Waals surface area contributed by atoms with Crippen LogP contribution >= 0.6 is 12.2 Å². The summed E-state index contributed by atoms with van der Waals surface area (Å²) in [4.78, 5) is 5.52. The Bertz CT molecular complexity index is 455. The molecule has 0 atom stereocenters. The molecule has 0 saturated heterocycles. The Balaban J connectivity index is 2.77. The van der Waals surface area contributed by atoms with Crippen LogP contribution in [0.25, 0.3) is 0 Å². The number of nitrogens with one attached hydrogen (secondary N) is 1. The van der Waals surface area contributed by atoms with E-state index in [4.69, 9.17) is 12.2 Å². The molecule has 0 heterocycles. The average molecular weight is 275 g/mol. The maximum atomic E-state index is 12.5. The molecule has 3 nitrogen and oxygen atoms in total. The highest BCUT2D eigenvalue weighted by molar-refractivity contribution is 7.80. The van der Waals surface area contributed by atoms with Crippen LogP contribution in [0, 0.1) is 0 Å². The van der Waals surface area contributed by atoms with Crippen LogP contribution in [0.5, 0.6) is 0 Å². The minimum absolute atomic E-state index is 0.100. The first-order valence-corrected chi connectivity index (χ1v) is 5.39. The van der Waals surface area contributed by atoms with Crippen molar-refractivity contribution in [2.75, 3.05) is 19.4 Å². The second-order valence-corrected chi connectivity index (χ2v) is 4.10. The molecular formula is C11H12F3N3S. The number of rotatable bonds is 2. The molecule has 18 heavy (non-hydrogen) atoms. The number of thiocarbonyl (C=S) groups is 1. The fourth-order valence-corrected chi connectivity index (χ4v) is 1.26. The van der Waals surface area contributed by atoms with Crippen LogP contribution in [0.4, 0.5) is 18.9 Å². The zero-order chi connectivity index (χ0) is 13.8. The molecule has 7 heteroatoms. The molecule has 1 aromatic rings. The number of halogens is 3. The third-order valence-corrected chi connectivity index (χ3v) is 2.05. The van der Waals surface area contributed by atoms with Gasteiger partial charge in [-0.05, 0) is 30.4 Å². The monoisotopic (exact) mass is 275 g/mol. The van der Waals surface area contributed by atoms with E-state index in [0.29, 0.717) is 0 Å². The lowest BCUT2D eigenvalue weighted by molar-refractivity contribution is -0.137. The summed E-state index contributed by atoms with van der Waals surface area (Å²) in [5, 5.41) is 2.72. The van der Waals surface area contributed by atoms with Gasteiger partial charge in [0.1, 0.15) is 0 Å². The van der Waals surface area contributed by atoms with Crippen LogP contribution in [0.2, 0.25) is 0 Å². The van der Waals surface area contributed by atoms with Gasteiger partial charge in [0.15, 0.2) is 5.11 Å². The van der Waals surface area contributed by atoms with Crippen molar-refractivity contribution in [3.05, 3.63) is 29.8 Å². The molecule has 0 spiro atoms. The van der Waals surface area contributed by atoms with E-state index < -0.39 is 11.7 Å². The van der Waals surface area contributed by atoms with Crippen LogP contribution in [-0.2, 0) is 6.18 Å². The zero-order valence-electron chi connectivity index (χ0n) is 9.82. The number of hydrogen-bond acceptors (Lipinski definition) is 1. The standard InChI is InChI=1S/C11H12F3N3S/c1-17(2)7-15-10(18)16-9-5-3-4-8(6-9)11(12,13)14/h3-7H,1-2H3,(H,16,18). The molecule has 0 saturated carbocycles. The van der Waals surface area contributed by atoms with Crippen molar-refractivity contribution in [3.63, 3.8) is 0 Å². The predicted octanol–water partition coefficient (Wildman–Crippen LogP) is 2.99. The Morgan fingerprint density at radius 1 is 1.39 bits per heavy atom. The topological polar surface area (TPSA) is 27.6 Å². The fourth-order valence-electron chi connectivity index (χ4n) is 1.10. The number of alkyl halides is 3. The molecule has 0 bridgehead atoms. The van der Waals surface area contributed by atoms with E-state index >= 15 is 0 Å². The number of aliphatic imine (C=N–C) groups is 1. The molecule has 1 rings (SSSR count). The van der Waals surface area contributed by atoms with Gasteiger partial charge >= 0.3 is 6.18 Å². The van der Waals surface area contributed by atoms with Gasteiger partial charge in [-0.2, -0.15) is 13.2 Å². The lowest BCUT2D eigenvalue weighted by atomic mass is 10.2. The van der Waals surface area contributed by atoms with Crippen LogP contribution in [-0.4, -0.2) is 30.4 Å². The molecule has 1 N–H and O–H groups in total. The lowest BCUT2D eigenvalue weighted by Crippen LogP contribution is -2.13. The van der Waals surface area contributed by atoms with Crippen LogP contribution in [0.1, 0.15) is 5.56 Å². The van der Waals surface area contributed by atoms with Crippen molar-refractivity contribution in [1.82, 2.24) is 4.90 Å². The Kier molecular flexibility index (Phi) is 4.66. The van der Waals surface area contributed by atoms with Crippen molar-refractivity contribution in [2.24, 2.45) is 4.99 Å². The molecule has 0 aromatic heterocycles. The number of benzene rings is 1. The number of nitrogens with zero attached hydrogens (tertiary/aromatic N) is 2. The van der Waals surface area contributed by atoms with E-state index in [9.17, 15) is 13.2 Å². The van der Waals surface area contributed by atoms with Crippen LogP contribution < -0.4 is 5.32 Å². The largest absolute Gasteiger partial charge is 0.416 e. The van der Waals surface area contributed by atoms with Gasteiger partial charge in [0.25, 0.3) is 0 Å². The number of hydrogen-bond donors (Lipinski definition) is 1. The van der Waals surface area contributed by atoms with Gasteiger partial charge in [-0.25, -0.2) is 4.99 Å². The molecule has 0 aliphatic heterocycles. The second kappa shape index (κ2) is 5.81. The van der Waals surface area contributed by atoms with Crippen LogP contribution in [0.15, 0.2) is 29.3 Å². The Morgan fingerprint density at radius 3 is 2.61 bits per heavy atom. The highest BCUT2D eigenvalue weighted by Gasteiger charge is 2.30. The minimum atomic E-state index is -4.37. The maximum Gasteiger partial charge on any atom is 0.416 e. The molecule has 98 valence electrons. The third kappa shape index (κ3) is 4.70. The van der Waals surface area contributed by atoms with Crippen molar-refractivity contribution in [3.8, 4) is 0 Å². The average Bonchev–Trinajstić information content (AvgIpc) is 2.25. The van der Waals surface area contributed by atoms with Gasteiger partial charge in [-0.1, -0.05) is 6.07 Å². The van der Waals surface area contributed by atoms with Gasteiger partial charge in [-0.3, -0.25) is 0 Å². The molecule has 0 unspecified atom stereocenters. The van der Waals surface area contributed by atoms with E-state index in [0.717, 1.165) is 12.1 Å². The quantitative estimate of drug-likeness (QED) is 0.511. The Morgan fingerprint density at radius 2 is 2.06 bits per heavy atom. The van der Waals surface area contributed by atoms with Crippen molar-refractivity contribution in [1.29, 1.82) is 0 Å². The van der Waals surface area contributed by atoms with E-state index in [1.165, 1.54) is 18.5 Å². The van der Waals surface area contributed by atoms with Gasteiger partial charge in [0.05, 0.1) is 11.9 Å². The van der Waals surface area contributed by atoms with Crippen molar-refractivity contribution < 1.29 is 13.2 Å². The molecule has 0 aliphatic rings. The molecule has 0 fully saturated rings. The summed E-state index contributed by atoms with van der Waals surface area (Å²) in [5.41, 5.74) is -0.474. The second-order valence-electron chi connectivity index (χ2n) is 3.72. The molecule has 0 radical (unpaired) electrons. The smallest absolute Gasteiger partial charge is 0.369 e. The summed E-state index contributed by atoms with van der Waals surface area (Å²) in [6.07, 6.45) is -2.91. The summed E-state index contributed by atoms with van der Waals surface area (Å²) < 4.78 is 37.4. The summed E-state index contributed by atoms with van der Waals surface area (Å²) in [7, 11) is 3.52. The Hall–Kier alpha value is -1.63. The SMILES string of the molecule is CN(C)C=NC(=S)Nc1cccc(C(F)(F)F)c1. The fraction of sp³-hybridized carbons (Fsp3) is 0.273. The molecule has 0 amide bonds. The van der Waals surface area contributed by atoms with Gasteiger partial charge in [-0.15, -0.1) is 0 Å². The van der Waals surface area contributed by atoms with E-state index in [-0.39, 0.29) is 10.8 Å². The van der Waals surface area contributed by atoms with E-state index in [1.807, 2.05) is 0 Å². The Labute approximate surface area is 108 Å². The summed E-state index contributed by atoms with van der Waals surface area (Å²) in [6, 6.07) is 4.78. The first kappa shape index (κ1) is 14.4. The molecule has 0 aliphatic carbocycles. The van der Waals surface area contributed by atoms with Crippen LogP contribution in [0.3, 0.4) is 0 Å². The minimum Gasteiger partial charge on any atom is -0.369 e. The highest BCUT2D eigenvalue weighted by Crippen LogP contribution is 2.30. The summed E-state index contributed by atoms with van der Waals surface area (Å²) >= 11 is 4.87. The maximum absolute atomic E-state index is 12.5. The third-order valence-electron chi connectivity index (χ3n) is 1.85. The van der Waals surface area contributed by atoms with Crippen molar-refractivity contribution >= 4 is 29.4 Å². The van der Waals surface area contributed by atoms with Gasteiger partial charge in [0.2, 0.25) is 0 Å². The summed E-state index contributed by atoms with van der Waals surface area (Å²) in [5.74, 6) is 0. The van der Waals surface area contributed by atoms with Gasteiger partial charge < -0.3 is 10.2 Å². The van der Waals surface area contributed by atoms with E-state index in [2.05, 4.69) is 10.3 Å². The van der Waals surface area contributed by atoms with Gasteiger partial charge in [0, 0.05) is 19.8 Å². The summed E-state index contributed by atoms with van der Waals surface area (Å²) in [6.45, 7) is 0. The first-order valence-electron chi connectivity index (χ1n) is 4.98. The lowest BCUT2D eigenvalue weighted by Gasteiger charge is -2.09.